The van der Waals surface area contributed by atoms with Crippen LogP contribution in [0, 0.1) is 0 Å². The summed E-state index contributed by atoms with van der Waals surface area (Å²) in [6.07, 6.45) is 2.23. The lowest BCUT2D eigenvalue weighted by atomic mass is 10.1. The molecule has 0 fully saturated rings. The van der Waals surface area contributed by atoms with E-state index >= 15 is 0 Å². The van der Waals surface area contributed by atoms with E-state index in [0.717, 1.165) is 0 Å². The molecule has 0 atom stereocenters. The molecule has 0 radical (unpaired) electrons. The number of amides is 1. The van der Waals surface area contributed by atoms with E-state index in [9.17, 15) is 9.59 Å². The number of rotatable bonds is 1. The van der Waals surface area contributed by atoms with Crippen LogP contribution < -0.4 is 5.32 Å². The van der Waals surface area contributed by atoms with E-state index in [0.29, 0.717) is 18.4 Å². The summed E-state index contributed by atoms with van der Waals surface area (Å²) >= 11 is 0. The van der Waals surface area contributed by atoms with Crippen molar-refractivity contribution in [2.75, 3.05) is 7.11 Å². The second kappa shape index (κ2) is 3.18. The molecule has 1 amide bonds. The smallest absolute Gasteiger partial charge is 0.335 e. The van der Waals surface area contributed by atoms with Gasteiger partial charge in [0.15, 0.2) is 0 Å². The molecule has 4 nitrogen and oxygen atoms in total. The highest BCUT2D eigenvalue weighted by Gasteiger charge is 2.15. The van der Waals surface area contributed by atoms with Crippen molar-refractivity contribution in [3.8, 4) is 0 Å². The Bertz CT molecular complexity index is 220. The van der Waals surface area contributed by atoms with E-state index < -0.39 is 0 Å². The summed E-state index contributed by atoms with van der Waals surface area (Å²) in [6, 6.07) is 0. The van der Waals surface area contributed by atoms with Crippen LogP contribution in [0.15, 0.2) is 11.8 Å². The number of carbonyl (C=O) groups excluding carboxylic acids is 2. The van der Waals surface area contributed by atoms with Crippen molar-refractivity contribution in [2.45, 2.75) is 12.8 Å². The summed E-state index contributed by atoms with van der Waals surface area (Å²) in [7, 11) is 1.32. The van der Waals surface area contributed by atoms with Crippen LogP contribution in [-0.2, 0) is 14.3 Å². The zero-order valence-corrected chi connectivity index (χ0v) is 6.22. The Balaban J connectivity index is 2.61. The van der Waals surface area contributed by atoms with E-state index in [4.69, 9.17) is 0 Å². The van der Waals surface area contributed by atoms with E-state index in [-0.39, 0.29) is 11.9 Å². The number of esters is 1. The summed E-state index contributed by atoms with van der Waals surface area (Å²) in [5.74, 6) is -0.428. The average molecular weight is 155 g/mol. The fourth-order valence-corrected chi connectivity index (χ4v) is 0.852. The zero-order valence-electron chi connectivity index (χ0n) is 6.22. The van der Waals surface area contributed by atoms with E-state index in [1.54, 1.807) is 0 Å². The number of methoxy groups -OCH3 is 1. The molecule has 0 aromatic heterocycles. The van der Waals surface area contributed by atoms with Crippen LogP contribution >= 0.6 is 0 Å². The maximum atomic E-state index is 10.8. The second-order valence-corrected chi connectivity index (χ2v) is 2.23. The highest BCUT2D eigenvalue weighted by atomic mass is 16.5. The molecule has 0 saturated carbocycles. The molecule has 0 unspecified atom stereocenters. The van der Waals surface area contributed by atoms with Gasteiger partial charge in [0.2, 0.25) is 5.91 Å². The third-order valence-electron chi connectivity index (χ3n) is 1.48. The summed E-state index contributed by atoms with van der Waals surface area (Å²) in [5, 5.41) is 2.45. The van der Waals surface area contributed by atoms with Gasteiger partial charge in [0, 0.05) is 12.6 Å². The predicted molar refractivity (Wildman–Crippen MR) is 37.5 cm³/mol. The minimum absolute atomic E-state index is 0.0577. The Hall–Kier alpha value is -1.32. The highest BCUT2D eigenvalue weighted by molar-refractivity contribution is 5.92. The predicted octanol–water partition coefficient (Wildman–Crippen LogP) is -0.0467. The Kier molecular flexibility index (Phi) is 2.25. The first-order valence-corrected chi connectivity index (χ1v) is 3.31. The molecule has 0 aromatic carbocycles. The monoisotopic (exact) mass is 155 g/mol. The van der Waals surface area contributed by atoms with Gasteiger partial charge in [0.05, 0.1) is 12.7 Å². The van der Waals surface area contributed by atoms with Crippen molar-refractivity contribution >= 4 is 11.9 Å². The average Bonchev–Trinajstić information content (AvgIpc) is 2.05. The molecule has 60 valence electrons. The maximum absolute atomic E-state index is 10.8. The number of ether oxygens (including phenoxy) is 1. The molecule has 1 rings (SSSR count). The normalized spacial score (nSPS) is 16.8. The molecule has 1 aliphatic heterocycles. The van der Waals surface area contributed by atoms with Gasteiger partial charge in [0.25, 0.3) is 0 Å². The van der Waals surface area contributed by atoms with E-state index in [1.165, 1.54) is 13.3 Å². The molecule has 1 aliphatic rings. The highest BCUT2D eigenvalue weighted by Crippen LogP contribution is 2.09. The van der Waals surface area contributed by atoms with Crippen molar-refractivity contribution in [2.24, 2.45) is 0 Å². The van der Waals surface area contributed by atoms with Crippen molar-refractivity contribution in [1.29, 1.82) is 0 Å². The van der Waals surface area contributed by atoms with Gasteiger partial charge < -0.3 is 10.1 Å². The van der Waals surface area contributed by atoms with Gasteiger partial charge in [-0.1, -0.05) is 0 Å². The fourth-order valence-electron chi connectivity index (χ4n) is 0.852. The molecule has 1 heterocycles. The SMILES string of the molecule is COC(=O)C1=CNC(=O)CC1. The minimum Gasteiger partial charge on any atom is -0.466 e. The Morgan fingerprint density at radius 3 is 2.82 bits per heavy atom. The third-order valence-corrected chi connectivity index (χ3v) is 1.48. The minimum atomic E-state index is -0.370. The van der Waals surface area contributed by atoms with Crippen LogP contribution in [0.1, 0.15) is 12.8 Å². The molecular weight excluding hydrogens is 146 g/mol. The molecule has 0 aromatic rings. The first kappa shape index (κ1) is 7.78. The standard InChI is InChI=1S/C7H9NO3/c1-11-7(10)5-2-3-6(9)8-4-5/h4H,2-3H2,1H3,(H,8,9). The van der Waals surface area contributed by atoms with Crippen LogP contribution in [0.5, 0.6) is 0 Å². The molecule has 0 spiro atoms. The molecule has 11 heavy (non-hydrogen) atoms. The van der Waals surface area contributed by atoms with Crippen LogP contribution in [0.2, 0.25) is 0 Å². The zero-order chi connectivity index (χ0) is 8.27. The van der Waals surface area contributed by atoms with Gasteiger partial charge in [-0.2, -0.15) is 0 Å². The second-order valence-electron chi connectivity index (χ2n) is 2.23. The fraction of sp³-hybridized carbons (Fsp3) is 0.429. The lowest BCUT2D eigenvalue weighted by Crippen LogP contribution is -2.24. The van der Waals surface area contributed by atoms with Gasteiger partial charge in [-0.25, -0.2) is 4.79 Å². The van der Waals surface area contributed by atoms with Gasteiger partial charge in [-0.3, -0.25) is 4.79 Å². The van der Waals surface area contributed by atoms with Crippen molar-refractivity contribution in [3.63, 3.8) is 0 Å². The largest absolute Gasteiger partial charge is 0.466 e. The maximum Gasteiger partial charge on any atom is 0.335 e. The topological polar surface area (TPSA) is 55.4 Å². The summed E-state index contributed by atoms with van der Waals surface area (Å²) < 4.78 is 4.47. The third kappa shape index (κ3) is 1.80. The van der Waals surface area contributed by atoms with Gasteiger partial charge in [-0.15, -0.1) is 0 Å². The Labute approximate surface area is 64.2 Å². The Morgan fingerprint density at radius 1 is 1.64 bits per heavy atom. The van der Waals surface area contributed by atoms with Crippen LogP contribution in [0.4, 0.5) is 0 Å². The molecule has 0 bridgehead atoms. The van der Waals surface area contributed by atoms with Crippen LogP contribution in [-0.4, -0.2) is 19.0 Å². The summed E-state index contributed by atoms with van der Waals surface area (Å²) in [5.41, 5.74) is 0.520. The molecular formula is C7H9NO3. The van der Waals surface area contributed by atoms with Gasteiger partial charge >= 0.3 is 5.97 Å². The number of carbonyl (C=O) groups is 2. The first-order chi connectivity index (χ1) is 5.24. The van der Waals surface area contributed by atoms with Crippen LogP contribution in [0.3, 0.4) is 0 Å². The summed E-state index contributed by atoms with van der Waals surface area (Å²) in [4.78, 5) is 21.4. The lowest BCUT2D eigenvalue weighted by Gasteiger charge is -2.10. The number of nitrogens with one attached hydrogen (secondary N) is 1. The number of hydrogen-bond donors (Lipinski definition) is 1. The first-order valence-electron chi connectivity index (χ1n) is 3.31. The van der Waals surface area contributed by atoms with Crippen molar-refractivity contribution < 1.29 is 14.3 Å². The molecule has 4 heteroatoms. The quantitative estimate of drug-likeness (QED) is 0.540. The van der Waals surface area contributed by atoms with Crippen molar-refractivity contribution in [3.05, 3.63) is 11.8 Å². The lowest BCUT2D eigenvalue weighted by molar-refractivity contribution is -0.136. The van der Waals surface area contributed by atoms with E-state index in [2.05, 4.69) is 10.1 Å². The number of hydrogen-bond acceptors (Lipinski definition) is 3. The summed E-state index contributed by atoms with van der Waals surface area (Å²) in [6.45, 7) is 0. The Morgan fingerprint density at radius 2 is 2.36 bits per heavy atom. The van der Waals surface area contributed by atoms with Crippen LogP contribution in [0.25, 0.3) is 0 Å². The van der Waals surface area contributed by atoms with Crippen molar-refractivity contribution in [1.82, 2.24) is 5.32 Å². The molecule has 0 aliphatic carbocycles. The molecule has 0 saturated heterocycles. The van der Waals surface area contributed by atoms with E-state index in [1.807, 2.05) is 0 Å². The molecule has 1 N–H and O–H groups in total. The van der Waals surface area contributed by atoms with Gasteiger partial charge in [0.1, 0.15) is 0 Å². The van der Waals surface area contributed by atoms with Gasteiger partial charge in [-0.05, 0) is 6.42 Å².